The molecule has 0 heterocycles. The van der Waals surface area contributed by atoms with Crippen molar-refractivity contribution in [2.75, 3.05) is 25.6 Å². The van der Waals surface area contributed by atoms with Gasteiger partial charge in [0, 0.05) is 0 Å². The van der Waals surface area contributed by atoms with Gasteiger partial charge in [0.1, 0.15) is 17.1 Å². The van der Waals surface area contributed by atoms with Crippen LogP contribution in [-0.2, 0) is 15.7 Å². The van der Waals surface area contributed by atoms with Gasteiger partial charge in [-0.3, -0.25) is 4.79 Å². The van der Waals surface area contributed by atoms with Gasteiger partial charge in [0.2, 0.25) is 0 Å². The summed E-state index contributed by atoms with van der Waals surface area (Å²) in [6.07, 6.45) is -3.95. The van der Waals surface area contributed by atoms with E-state index in [4.69, 9.17) is 14.2 Å². The number of esters is 1. The molecular formula is C20H20F3NO5. The maximum absolute atomic E-state index is 13.0. The Balaban J connectivity index is 2.09. The summed E-state index contributed by atoms with van der Waals surface area (Å²) in [6.45, 7) is 1.40. The number of halogens is 3. The van der Waals surface area contributed by atoms with Gasteiger partial charge >= 0.3 is 12.1 Å². The number of amides is 1. The number of ether oxygens (including phenoxy) is 3. The van der Waals surface area contributed by atoms with Crippen molar-refractivity contribution in [2.24, 2.45) is 0 Å². The van der Waals surface area contributed by atoms with Crippen LogP contribution < -0.4 is 14.8 Å². The largest absolute Gasteiger partial charge is 0.496 e. The Morgan fingerprint density at radius 2 is 1.79 bits per heavy atom. The number of carbonyl (C=O) groups is 2. The maximum atomic E-state index is 13.0. The van der Waals surface area contributed by atoms with Crippen molar-refractivity contribution in [3.05, 3.63) is 53.6 Å². The smallest absolute Gasteiger partial charge is 0.416 e. The maximum Gasteiger partial charge on any atom is 0.416 e. The third-order valence-corrected chi connectivity index (χ3v) is 3.70. The van der Waals surface area contributed by atoms with Crippen LogP contribution >= 0.6 is 0 Å². The van der Waals surface area contributed by atoms with Crippen LogP contribution in [0.5, 0.6) is 11.5 Å². The predicted molar refractivity (Wildman–Crippen MR) is 99.1 cm³/mol. The number of alkyl halides is 3. The lowest BCUT2D eigenvalue weighted by atomic mass is 10.1. The number of hydrogen-bond acceptors (Lipinski definition) is 5. The van der Waals surface area contributed by atoms with Crippen molar-refractivity contribution in [1.29, 1.82) is 0 Å². The minimum Gasteiger partial charge on any atom is -0.496 e. The number of carbonyl (C=O) groups excluding carboxylic acids is 2. The van der Waals surface area contributed by atoms with Crippen molar-refractivity contribution in [3.8, 4) is 11.5 Å². The normalized spacial score (nSPS) is 10.9. The average molecular weight is 411 g/mol. The lowest BCUT2D eigenvalue weighted by Gasteiger charge is -2.15. The molecule has 0 atom stereocenters. The highest BCUT2D eigenvalue weighted by molar-refractivity contribution is 5.97. The summed E-state index contributed by atoms with van der Waals surface area (Å²) < 4.78 is 54.2. The summed E-state index contributed by atoms with van der Waals surface area (Å²) >= 11 is 0. The van der Waals surface area contributed by atoms with E-state index in [-0.39, 0.29) is 29.4 Å². The summed E-state index contributed by atoms with van der Waals surface area (Å²) in [5, 5.41) is 2.29. The molecule has 0 saturated heterocycles. The number of para-hydroxylation sites is 1. The minimum absolute atomic E-state index is 0.0873. The van der Waals surface area contributed by atoms with E-state index in [1.54, 1.807) is 18.2 Å². The molecule has 2 rings (SSSR count). The molecule has 2 aromatic rings. The number of rotatable bonds is 8. The number of methoxy groups -OCH3 is 1. The molecule has 0 saturated carbocycles. The highest BCUT2D eigenvalue weighted by Gasteiger charge is 2.31. The second-order valence-electron chi connectivity index (χ2n) is 5.88. The lowest BCUT2D eigenvalue weighted by molar-refractivity contribution is -0.137. The molecule has 0 aliphatic rings. The summed E-state index contributed by atoms with van der Waals surface area (Å²) in [4.78, 5) is 24.3. The van der Waals surface area contributed by atoms with E-state index in [9.17, 15) is 22.8 Å². The predicted octanol–water partition coefficient (Wildman–Crippen LogP) is 4.30. The molecular weight excluding hydrogens is 391 g/mol. The van der Waals surface area contributed by atoms with Gasteiger partial charge in [-0.15, -0.1) is 0 Å². The summed E-state index contributed by atoms with van der Waals surface area (Å²) in [6, 6.07) is 9.04. The first kappa shape index (κ1) is 22.1. The van der Waals surface area contributed by atoms with Crippen LogP contribution in [0.2, 0.25) is 0 Å². The Morgan fingerprint density at radius 1 is 1.07 bits per heavy atom. The van der Waals surface area contributed by atoms with Gasteiger partial charge in [0.05, 0.1) is 25.0 Å². The summed E-state index contributed by atoms with van der Waals surface area (Å²) in [5.41, 5.74) is -0.983. The van der Waals surface area contributed by atoms with E-state index >= 15 is 0 Å². The zero-order chi connectivity index (χ0) is 21.4. The van der Waals surface area contributed by atoms with Crippen molar-refractivity contribution >= 4 is 17.6 Å². The number of nitrogens with one attached hydrogen (secondary N) is 1. The van der Waals surface area contributed by atoms with Gasteiger partial charge < -0.3 is 19.5 Å². The molecule has 1 N–H and O–H groups in total. The van der Waals surface area contributed by atoms with Crippen LogP contribution in [0.1, 0.15) is 29.3 Å². The zero-order valence-corrected chi connectivity index (χ0v) is 15.8. The molecule has 29 heavy (non-hydrogen) atoms. The SMILES string of the molecule is CCCOc1ccc(C(F)(F)F)cc1NC(=O)COC(=O)c1ccccc1OC. The van der Waals surface area contributed by atoms with Gasteiger partial charge in [-0.25, -0.2) is 4.79 Å². The van der Waals surface area contributed by atoms with Gasteiger partial charge in [-0.1, -0.05) is 19.1 Å². The van der Waals surface area contributed by atoms with E-state index in [0.717, 1.165) is 18.2 Å². The second-order valence-corrected chi connectivity index (χ2v) is 5.88. The molecule has 0 aliphatic carbocycles. The summed E-state index contributed by atoms with van der Waals surface area (Å²) in [5.74, 6) is -1.26. The van der Waals surface area contributed by atoms with Crippen LogP contribution in [0.25, 0.3) is 0 Å². The Labute approximate surface area is 165 Å². The number of anilines is 1. The van der Waals surface area contributed by atoms with Crippen molar-refractivity contribution in [1.82, 2.24) is 0 Å². The third-order valence-electron chi connectivity index (χ3n) is 3.70. The number of benzene rings is 2. The van der Waals surface area contributed by atoms with Gasteiger partial charge in [-0.05, 0) is 36.8 Å². The molecule has 2 aromatic carbocycles. The number of hydrogen-bond donors (Lipinski definition) is 1. The van der Waals surface area contributed by atoms with Gasteiger partial charge in [0.25, 0.3) is 5.91 Å². The minimum atomic E-state index is -4.58. The first-order valence-corrected chi connectivity index (χ1v) is 8.70. The lowest BCUT2D eigenvalue weighted by Crippen LogP contribution is -2.22. The zero-order valence-electron chi connectivity index (χ0n) is 15.8. The fraction of sp³-hybridized carbons (Fsp3) is 0.300. The Hall–Kier alpha value is -3.23. The van der Waals surface area contributed by atoms with Crippen LogP contribution in [0.4, 0.5) is 18.9 Å². The Bertz CT molecular complexity index is 867. The second kappa shape index (κ2) is 9.81. The van der Waals surface area contributed by atoms with E-state index in [2.05, 4.69) is 5.32 Å². The highest BCUT2D eigenvalue weighted by Crippen LogP contribution is 2.35. The fourth-order valence-electron chi connectivity index (χ4n) is 2.35. The molecule has 0 spiro atoms. The highest BCUT2D eigenvalue weighted by atomic mass is 19.4. The first-order valence-electron chi connectivity index (χ1n) is 8.70. The molecule has 0 radical (unpaired) electrons. The van der Waals surface area contributed by atoms with Gasteiger partial charge in [0.15, 0.2) is 6.61 Å². The fourth-order valence-corrected chi connectivity index (χ4v) is 2.35. The Kier molecular flexibility index (Phi) is 7.46. The van der Waals surface area contributed by atoms with E-state index in [0.29, 0.717) is 6.42 Å². The van der Waals surface area contributed by atoms with E-state index in [1.165, 1.54) is 13.2 Å². The third kappa shape index (κ3) is 6.13. The molecule has 0 aliphatic heterocycles. The average Bonchev–Trinajstić information content (AvgIpc) is 2.70. The Morgan fingerprint density at radius 3 is 2.45 bits per heavy atom. The van der Waals surface area contributed by atoms with Crippen LogP contribution in [0.3, 0.4) is 0 Å². The molecule has 6 nitrogen and oxygen atoms in total. The topological polar surface area (TPSA) is 73.9 Å². The molecule has 0 fully saturated rings. The molecule has 0 aromatic heterocycles. The molecule has 156 valence electrons. The molecule has 1 amide bonds. The van der Waals surface area contributed by atoms with Gasteiger partial charge in [-0.2, -0.15) is 13.2 Å². The summed E-state index contributed by atoms with van der Waals surface area (Å²) in [7, 11) is 1.38. The molecule has 9 heteroatoms. The molecule has 0 unspecified atom stereocenters. The van der Waals surface area contributed by atoms with Crippen molar-refractivity contribution in [3.63, 3.8) is 0 Å². The van der Waals surface area contributed by atoms with Crippen LogP contribution in [0, 0.1) is 0 Å². The standard InChI is InChI=1S/C20H20F3NO5/c1-3-10-28-17-9-8-13(20(21,22)23)11-15(17)24-18(25)12-29-19(26)14-6-4-5-7-16(14)27-2/h4-9,11H,3,10,12H2,1-2H3,(H,24,25). The van der Waals surface area contributed by atoms with Crippen molar-refractivity contribution in [2.45, 2.75) is 19.5 Å². The van der Waals surface area contributed by atoms with E-state index < -0.39 is 30.2 Å². The van der Waals surface area contributed by atoms with E-state index in [1.807, 2.05) is 6.92 Å². The first-order chi connectivity index (χ1) is 13.8. The molecule has 0 bridgehead atoms. The monoisotopic (exact) mass is 411 g/mol. The van der Waals surface area contributed by atoms with Crippen LogP contribution in [0.15, 0.2) is 42.5 Å². The van der Waals surface area contributed by atoms with Crippen molar-refractivity contribution < 1.29 is 37.0 Å². The van der Waals surface area contributed by atoms with Crippen LogP contribution in [-0.4, -0.2) is 32.2 Å². The quantitative estimate of drug-likeness (QED) is 0.656.